The standard InChI is InChI=1S/C16H23NO3/c1-16(2)19-14(15(11-18)20-16)10-17-8-7-12-5-3-4-6-13(12)9-17/h3-6,14-15,18H,7-11H2,1-2H3/t14-,15-/m1/s1. The van der Waals surface area contributed by atoms with Gasteiger partial charge in [-0.2, -0.15) is 0 Å². The van der Waals surface area contributed by atoms with E-state index in [0.717, 1.165) is 26.1 Å². The van der Waals surface area contributed by atoms with Crippen LogP contribution < -0.4 is 0 Å². The van der Waals surface area contributed by atoms with Crippen molar-refractivity contribution in [2.75, 3.05) is 19.7 Å². The quantitative estimate of drug-likeness (QED) is 0.910. The maximum absolute atomic E-state index is 9.43. The van der Waals surface area contributed by atoms with Crippen LogP contribution >= 0.6 is 0 Å². The zero-order chi connectivity index (χ0) is 14.2. The Hall–Kier alpha value is -0.940. The van der Waals surface area contributed by atoms with E-state index in [4.69, 9.17) is 9.47 Å². The summed E-state index contributed by atoms with van der Waals surface area (Å²) >= 11 is 0. The summed E-state index contributed by atoms with van der Waals surface area (Å²) in [6, 6.07) is 8.60. The van der Waals surface area contributed by atoms with Gasteiger partial charge in [0.05, 0.1) is 6.61 Å². The Morgan fingerprint density at radius 3 is 2.65 bits per heavy atom. The van der Waals surface area contributed by atoms with E-state index in [1.165, 1.54) is 11.1 Å². The molecule has 2 aliphatic heterocycles. The maximum Gasteiger partial charge on any atom is 0.163 e. The molecule has 1 aromatic rings. The van der Waals surface area contributed by atoms with Crippen molar-refractivity contribution in [2.45, 2.75) is 44.8 Å². The van der Waals surface area contributed by atoms with Gasteiger partial charge in [0.1, 0.15) is 12.2 Å². The minimum atomic E-state index is -0.592. The predicted octanol–water partition coefficient (Wildman–Crippen LogP) is 1.56. The highest BCUT2D eigenvalue weighted by atomic mass is 16.8. The van der Waals surface area contributed by atoms with E-state index < -0.39 is 5.79 Å². The Bertz CT molecular complexity index is 475. The predicted molar refractivity (Wildman–Crippen MR) is 76.3 cm³/mol. The molecule has 2 aliphatic rings. The second kappa shape index (κ2) is 5.45. The van der Waals surface area contributed by atoms with E-state index in [1.54, 1.807) is 0 Å². The van der Waals surface area contributed by atoms with Crippen molar-refractivity contribution in [3.05, 3.63) is 35.4 Å². The van der Waals surface area contributed by atoms with Crippen molar-refractivity contribution in [3.63, 3.8) is 0 Å². The summed E-state index contributed by atoms with van der Waals surface area (Å²) in [6.45, 7) is 6.62. The van der Waals surface area contributed by atoms with Crippen molar-refractivity contribution in [1.82, 2.24) is 4.90 Å². The lowest BCUT2D eigenvalue weighted by molar-refractivity contribution is -0.150. The van der Waals surface area contributed by atoms with Crippen LogP contribution in [0.25, 0.3) is 0 Å². The van der Waals surface area contributed by atoms with Crippen LogP contribution in [0.15, 0.2) is 24.3 Å². The van der Waals surface area contributed by atoms with Gasteiger partial charge in [-0.25, -0.2) is 0 Å². The van der Waals surface area contributed by atoms with Crippen LogP contribution in [0.5, 0.6) is 0 Å². The molecular weight excluding hydrogens is 254 g/mol. The summed E-state index contributed by atoms with van der Waals surface area (Å²) in [6.07, 6.45) is 0.805. The van der Waals surface area contributed by atoms with Gasteiger partial charge >= 0.3 is 0 Å². The van der Waals surface area contributed by atoms with Crippen LogP contribution in [0.1, 0.15) is 25.0 Å². The largest absolute Gasteiger partial charge is 0.394 e. The van der Waals surface area contributed by atoms with Crippen LogP contribution in [-0.2, 0) is 22.4 Å². The third-order valence-corrected chi connectivity index (χ3v) is 4.11. The van der Waals surface area contributed by atoms with Gasteiger partial charge < -0.3 is 14.6 Å². The number of hydrogen-bond acceptors (Lipinski definition) is 4. The average molecular weight is 277 g/mol. The molecule has 0 aromatic heterocycles. The highest BCUT2D eigenvalue weighted by Crippen LogP contribution is 2.29. The van der Waals surface area contributed by atoms with Gasteiger partial charge in [-0.1, -0.05) is 24.3 Å². The van der Waals surface area contributed by atoms with E-state index in [9.17, 15) is 5.11 Å². The molecule has 0 saturated carbocycles. The van der Waals surface area contributed by atoms with Gasteiger partial charge in [-0.05, 0) is 31.4 Å². The molecule has 2 atom stereocenters. The molecule has 4 heteroatoms. The molecule has 0 spiro atoms. The lowest BCUT2D eigenvalue weighted by Gasteiger charge is -2.31. The highest BCUT2D eigenvalue weighted by molar-refractivity contribution is 5.29. The molecule has 1 aromatic carbocycles. The number of ether oxygens (including phenoxy) is 2. The van der Waals surface area contributed by atoms with Gasteiger partial charge in [0.2, 0.25) is 0 Å². The monoisotopic (exact) mass is 277 g/mol. The molecule has 2 heterocycles. The second-order valence-electron chi connectivity index (χ2n) is 6.15. The van der Waals surface area contributed by atoms with Gasteiger partial charge in [-0.15, -0.1) is 0 Å². The first kappa shape index (κ1) is 14.0. The summed E-state index contributed by atoms with van der Waals surface area (Å²) in [5.41, 5.74) is 2.85. The Kier molecular flexibility index (Phi) is 3.82. The summed E-state index contributed by atoms with van der Waals surface area (Å²) in [5, 5.41) is 9.43. The third-order valence-electron chi connectivity index (χ3n) is 4.11. The number of rotatable bonds is 3. The molecule has 0 radical (unpaired) electrons. The molecule has 0 unspecified atom stereocenters. The van der Waals surface area contributed by atoms with E-state index in [-0.39, 0.29) is 18.8 Å². The minimum absolute atomic E-state index is 0.0124. The van der Waals surface area contributed by atoms with Crippen molar-refractivity contribution in [1.29, 1.82) is 0 Å². The highest BCUT2D eigenvalue weighted by Gasteiger charge is 2.41. The summed E-state index contributed by atoms with van der Waals surface area (Å²) < 4.78 is 11.6. The summed E-state index contributed by atoms with van der Waals surface area (Å²) in [4.78, 5) is 2.39. The molecule has 110 valence electrons. The van der Waals surface area contributed by atoms with E-state index in [0.29, 0.717) is 0 Å². The van der Waals surface area contributed by atoms with Crippen LogP contribution in [-0.4, -0.2) is 47.7 Å². The Labute approximate surface area is 120 Å². The fourth-order valence-electron chi connectivity index (χ4n) is 3.18. The number of nitrogens with zero attached hydrogens (tertiary/aromatic N) is 1. The van der Waals surface area contributed by atoms with E-state index in [1.807, 2.05) is 13.8 Å². The van der Waals surface area contributed by atoms with Crippen molar-refractivity contribution < 1.29 is 14.6 Å². The number of hydrogen-bond donors (Lipinski definition) is 1. The number of aliphatic hydroxyl groups excluding tert-OH is 1. The van der Waals surface area contributed by atoms with Crippen LogP contribution in [0.4, 0.5) is 0 Å². The minimum Gasteiger partial charge on any atom is -0.394 e. The van der Waals surface area contributed by atoms with Crippen molar-refractivity contribution >= 4 is 0 Å². The maximum atomic E-state index is 9.43. The summed E-state index contributed by atoms with van der Waals surface area (Å²) in [5.74, 6) is -0.592. The fourth-order valence-corrected chi connectivity index (χ4v) is 3.18. The third kappa shape index (κ3) is 2.88. The van der Waals surface area contributed by atoms with Crippen molar-refractivity contribution in [2.24, 2.45) is 0 Å². The molecule has 3 rings (SSSR count). The van der Waals surface area contributed by atoms with Crippen molar-refractivity contribution in [3.8, 4) is 0 Å². The van der Waals surface area contributed by atoms with Crippen LogP contribution in [0, 0.1) is 0 Å². The summed E-state index contributed by atoms with van der Waals surface area (Å²) in [7, 11) is 0. The molecule has 0 bridgehead atoms. The SMILES string of the molecule is CC1(C)O[C@H](CO)[C@@H](CN2CCc3ccccc3C2)O1. The Balaban J connectivity index is 1.65. The Morgan fingerprint density at radius 2 is 1.90 bits per heavy atom. The molecule has 0 amide bonds. The van der Waals surface area contributed by atoms with Gasteiger partial charge in [-0.3, -0.25) is 4.90 Å². The Morgan fingerprint density at radius 1 is 1.20 bits per heavy atom. The first-order chi connectivity index (χ1) is 9.57. The molecule has 1 fully saturated rings. The van der Waals surface area contributed by atoms with Gasteiger partial charge in [0, 0.05) is 19.6 Å². The van der Waals surface area contributed by atoms with Crippen LogP contribution in [0.3, 0.4) is 0 Å². The zero-order valence-corrected chi connectivity index (χ0v) is 12.2. The van der Waals surface area contributed by atoms with E-state index in [2.05, 4.69) is 29.2 Å². The van der Waals surface area contributed by atoms with E-state index >= 15 is 0 Å². The molecule has 20 heavy (non-hydrogen) atoms. The van der Waals surface area contributed by atoms with Gasteiger partial charge in [0.25, 0.3) is 0 Å². The average Bonchev–Trinajstić information content (AvgIpc) is 2.73. The first-order valence-corrected chi connectivity index (χ1v) is 7.33. The smallest absolute Gasteiger partial charge is 0.163 e. The number of aliphatic hydroxyl groups is 1. The molecular formula is C16H23NO3. The molecule has 1 N–H and O–H groups in total. The number of fused-ring (bicyclic) bond motifs is 1. The zero-order valence-electron chi connectivity index (χ0n) is 12.2. The lowest BCUT2D eigenvalue weighted by Crippen LogP contribution is -2.41. The topological polar surface area (TPSA) is 41.9 Å². The lowest BCUT2D eigenvalue weighted by atomic mass is 9.99. The first-order valence-electron chi connectivity index (χ1n) is 7.33. The number of benzene rings is 1. The fraction of sp³-hybridized carbons (Fsp3) is 0.625. The second-order valence-corrected chi connectivity index (χ2v) is 6.15. The van der Waals surface area contributed by atoms with Gasteiger partial charge in [0.15, 0.2) is 5.79 Å². The molecule has 4 nitrogen and oxygen atoms in total. The van der Waals surface area contributed by atoms with Crippen LogP contribution in [0.2, 0.25) is 0 Å². The molecule has 0 aliphatic carbocycles. The normalized spacial score (nSPS) is 29.4. The molecule has 1 saturated heterocycles.